The fourth-order valence-electron chi connectivity index (χ4n) is 4.12. The number of halogens is 5. The van der Waals surface area contributed by atoms with E-state index in [0.717, 1.165) is 18.2 Å². The SMILES string of the molecule is O=C(COc1ccc(Cl)c(F)c1)NC12CC(NC(=O)c3cccc(C(F)(F)F)n3)(C1)C2. The predicted octanol–water partition coefficient (Wildman–Crippen LogP) is 3.49. The number of alkyl halides is 3. The largest absolute Gasteiger partial charge is 0.484 e. The quantitative estimate of drug-likeness (QED) is 0.651. The summed E-state index contributed by atoms with van der Waals surface area (Å²) in [5, 5.41) is 5.48. The first-order valence-electron chi connectivity index (χ1n) is 9.25. The van der Waals surface area contributed by atoms with Gasteiger partial charge in [0.25, 0.3) is 11.8 Å². The molecule has 6 nitrogen and oxygen atoms in total. The molecule has 1 aromatic carbocycles. The molecule has 2 aromatic rings. The van der Waals surface area contributed by atoms with Gasteiger partial charge in [0.15, 0.2) is 6.61 Å². The number of hydrogen-bond donors (Lipinski definition) is 2. The molecular weight excluding hydrogens is 442 g/mol. The predicted molar refractivity (Wildman–Crippen MR) is 101 cm³/mol. The summed E-state index contributed by atoms with van der Waals surface area (Å²) in [5.74, 6) is -1.60. The summed E-state index contributed by atoms with van der Waals surface area (Å²) in [4.78, 5) is 27.8. The van der Waals surface area contributed by atoms with Crippen LogP contribution in [0.1, 0.15) is 35.4 Å². The third kappa shape index (κ3) is 4.30. The molecule has 1 aromatic heterocycles. The lowest BCUT2D eigenvalue weighted by Crippen LogP contribution is -2.84. The molecule has 0 aliphatic heterocycles. The number of hydrogen-bond acceptors (Lipinski definition) is 4. The van der Waals surface area contributed by atoms with Crippen LogP contribution in [-0.2, 0) is 11.0 Å². The van der Waals surface area contributed by atoms with Crippen LogP contribution in [-0.4, -0.2) is 34.5 Å². The molecule has 3 aliphatic carbocycles. The zero-order chi connectivity index (χ0) is 22.4. The van der Waals surface area contributed by atoms with Crippen molar-refractivity contribution in [3.8, 4) is 5.75 Å². The van der Waals surface area contributed by atoms with Crippen LogP contribution in [0.3, 0.4) is 0 Å². The van der Waals surface area contributed by atoms with E-state index in [0.29, 0.717) is 19.3 Å². The minimum atomic E-state index is -4.64. The fourth-order valence-corrected chi connectivity index (χ4v) is 4.24. The molecule has 164 valence electrons. The highest BCUT2D eigenvalue weighted by atomic mass is 35.5. The summed E-state index contributed by atoms with van der Waals surface area (Å²) >= 11 is 5.58. The standard InChI is InChI=1S/C20H16ClF4N3O3/c21-12-5-4-11(6-13(12)22)31-7-16(29)27-18-8-19(9-18,10-18)28-17(30)14-2-1-3-15(26-14)20(23,24)25/h1-6H,7-10H2,(H,27,29)(H,28,30). The smallest absolute Gasteiger partial charge is 0.433 e. The molecule has 5 rings (SSSR count). The van der Waals surface area contributed by atoms with Crippen LogP contribution in [0.25, 0.3) is 0 Å². The van der Waals surface area contributed by atoms with Gasteiger partial charge in [-0.05, 0) is 43.5 Å². The topological polar surface area (TPSA) is 80.3 Å². The number of ether oxygens (including phenoxy) is 1. The Bertz CT molecular complexity index is 1040. The Kier molecular flexibility index (Phi) is 5.07. The Morgan fingerprint density at radius 1 is 1.10 bits per heavy atom. The number of carbonyl (C=O) groups excluding carboxylic acids is 2. The van der Waals surface area contributed by atoms with Crippen LogP contribution in [0.4, 0.5) is 17.6 Å². The van der Waals surface area contributed by atoms with Crippen molar-refractivity contribution in [2.75, 3.05) is 6.61 Å². The van der Waals surface area contributed by atoms with Crippen molar-refractivity contribution in [2.24, 2.45) is 0 Å². The Morgan fingerprint density at radius 3 is 2.42 bits per heavy atom. The third-order valence-corrected chi connectivity index (χ3v) is 5.65. The van der Waals surface area contributed by atoms with E-state index in [1.165, 1.54) is 18.2 Å². The highest BCUT2D eigenvalue weighted by molar-refractivity contribution is 6.30. The maximum atomic E-state index is 13.4. The molecule has 31 heavy (non-hydrogen) atoms. The van der Waals surface area contributed by atoms with Crippen molar-refractivity contribution in [3.05, 3.63) is 58.6 Å². The van der Waals surface area contributed by atoms with E-state index < -0.39 is 40.6 Å². The number of benzene rings is 1. The normalized spacial score (nSPS) is 23.9. The van der Waals surface area contributed by atoms with Crippen LogP contribution in [0.5, 0.6) is 5.75 Å². The first kappa shape index (κ1) is 21.4. The van der Waals surface area contributed by atoms with Gasteiger partial charge in [0.1, 0.15) is 23.0 Å². The van der Waals surface area contributed by atoms with Gasteiger partial charge in [-0.15, -0.1) is 0 Å². The number of rotatable bonds is 6. The van der Waals surface area contributed by atoms with Gasteiger partial charge in [0.2, 0.25) is 0 Å². The average molecular weight is 458 g/mol. The van der Waals surface area contributed by atoms with Crippen molar-refractivity contribution in [1.82, 2.24) is 15.6 Å². The summed E-state index contributed by atoms with van der Waals surface area (Å²) in [6.45, 7) is -0.323. The fraction of sp³-hybridized carbons (Fsp3) is 0.350. The van der Waals surface area contributed by atoms with Crippen molar-refractivity contribution >= 4 is 23.4 Å². The second-order valence-electron chi connectivity index (χ2n) is 7.86. The van der Waals surface area contributed by atoms with Crippen molar-refractivity contribution in [3.63, 3.8) is 0 Å². The van der Waals surface area contributed by atoms with E-state index in [1.807, 2.05) is 0 Å². The number of nitrogens with one attached hydrogen (secondary N) is 2. The number of pyridine rings is 1. The van der Waals surface area contributed by atoms with Crippen LogP contribution >= 0.6 is 11.6 Å². The number of nitrogens with zero attached hydrogens (tertiary/aromatic N) is 1. The molecule has 3 fully saturated rings. The van der Waals surface area contributed by atoms with Crippen LogP contribution in [0.2, 0.25) is 5.02 Å². The summed E-state index contributed by atoms with van der Waals surface area (Å²) in [6, 6.07) is 6.96. The van der Waals surface area contributed by atoms with Gasteiger partial charge < -0.3 is 15.4 Å². The molecule has 0 atom stereocenters. The molecular formula is C20H16ClF4N3O3. The second-order valence-corrected chi connectivity index (χ2v) is 8.27. The Hall–Kier alpha value is -2.88. The molecule has 2 bridgehead atoms. The van der Waals surface area contributed by atoms with E-state index in [2.05, 4.69) is 15.6 Å². The monoisotopic (exact) mass is 457 g/mol. The van der Waals surface area contributed by atoms with Crippen molar-refractivity contribution < 1.29 is 31.9 Å². The lowest BCUT2D eigenvalue weighted by Gasteiger charge is -2.70. The molecule has 11 heteroatoms. The van der Waals surface area contributed by atoms with Gasteiger partial charge >= 0.3 is 6.18 Å². The number of aromatic nitrogens is 1. The average Bonchev–Trinajstić information content (AvgIpc) is 2.65. The van der Waals surface area contributed by atoms with Gasteiger partial charge in [0, 0.05) is 17.1 Å². The van der Waals surface area contributed by atoms with Crippen LogP contribution < -0.4 is 15.4 Å². The summed E-state index contributed by atoms with van der Waals surface area (Å²) < 4.78 is 56.9. The molecule has 2 amide bonds. The number of carbonyl (C=O) groups is 2. The third-order valence-electron chi connectivity index (χ3n) is 5.35. The highest BCUT2D eigenvalue weighted by Crippen LogP contribution is 2.60. The lowest BCUT2D eigenvalue weighted by atomic mass is 9.44. The first-order chi connectivity index (χ1) is 14.5. The Labute approximate surface area is 178 Å². The van der Waals surface area contributed by atoms with E-state index in [9.17, 15) is 27.2 Å². The van der Waals surface area contributed by atoms with Crippen molar-refractivity contribution in [2.45, 2.75) is 36.5 Å². The lowest BCUT2D eigenvalue weighted by molar-refractivity contribution is -0.141. The van der Waals surface area contributed by atoms with Gasteiger partial charge in [0.05, 0.1) is 5.02 Å². The van der Waals surface area contributed by atoms with Gasteiger partial charge in [-0.3, -0.25) is 9.59 Å². The minimum absolute atomic E-state index is 0.0571. The van der Waals surface area contributed by atoms with E-state index in [1.54, 1.807) is 0 Å². The van der Waals surface area contributed by atoms with Crippen LogP contribution in [0, 0.1) is 5.82 Å². The minimum Gasteiger partial charge on any atom is -0.484 e. The van der Waals surface area contributed by atoms with E-state index in [-0.39, 0.29) is 23.1 Å². The molecule has 2 N–H and O–H groups in total. The highest BCUT2D eigenvalue weighted by Gasteiger charge is 2.69. The molecule has 3 aliphatic rings. The zero-order valence-electron chi connectivity index (χ0n) is 15.9. The molecule has 0 radical (unpaired) electrons. The summed E-state index contributed by atoms with van der Waals surface area (Å²) in [5.41, 5.74) is -2.51. The van der Waals surface area contributed by atoms with Gasteiger partial charge in [-0.2, -0.15) is 13.2 Å². The molecule has 0 saturated heterocycles. The van der Waals surface area contributed by atoms with E-state index in [4.69, 9.17) is 16.3 Å². The van der Waals surface area contributed by atoms with Crippen molar-refractivity contribution in [1.29, 1.82) is 0 Å². The maximum Gasteiger partial charge on any atom is 0.433 e. The maximum absolute atomic E-state index is 13.4. The zero-order valence-corrected chi connectivity index (χ0v) is 16.6. The molecule has 3 saturated carbocycles. The van der Waals surface area contributed by atoms with E-state index >= 15 is 0 Å². The molecule has 1 heterocycles. The number of amides is 2. The summed E-state index contributed by atoms with van der Waals surface area (Å²) in [7, 11) is 0. The first-order valence-corrected chi connectivity index (χ1v) is 9.63. The second kappa shape index (κ2) is 7.37. The van der Waals surface area contributed by atoms with Crippen LogP contribution in [0.15, 0.2) is 36.4 Å². The summed E-state index contributed by atoms with van der Waals surface area (Å²) in [6.07, 6.45) is -3.29. The Balaban J connectivity index is 1.26. The molecule has 0 spiro atoms. The molecule has 0 unspecified atom stereocenters. The van der Waals surface area contributed by atoms with Gasteiger partial charge in [-0.25, -0.2) is 9.37 Å². The van der Waals surface area contributed by atoms with Gasteiger partial charge in [-0.1, -0.05) is 17.7 Å². The Morgan fingerprint density at radius 2 is 1.77 bits per heavy atom.